The van der Waals surface area contributed by atoms with Crippen LogP contribution in [0.3, 0.4) is 0 Å². The van der Waals surface area contributed by atoms with E-state index >= 15 is 0 Å². The molecule has 0 bridgehead atoms. The summed E-state index contributed by atoms with van der Waals surface area (Å²) in [4.78, 5) is 10.6. The summed E-state index contributed by atoms with van der Waals surface area (Å²) in [7, 11) is 0. The van der Waals surface area contributed by atoms with E-state index in [0.717, 1.165) is 19.4 Å². The van der Waals surface area contributed by atoms with Crippen LogP contribution in [0.1, 0.15) is 53.9 Å². The molecule has 0 aliphatic rings. The molecule has 17 heavy (non-hydrogen) atoms. The molecule has 3 heteroatoms. The largest absolute Gasteiger partial charge is 0.478 e. The van der Waals surface area contributed by atoms with Crippen LogP contribution < -0.4 is 5.32 Å². The minimum atomic E-state index is -0.890. The highest BCUT2D eigenvalue weighted by molar-refractivity contribution is 5.85. The van der Waals surface area contributed by atoms with Gasteiger partial charge in [0.2, 0.25) is 0 Å². The van der Waals surface area contributed by atoms with E-state index in [-0.39, 0.29) is 5.54 Å². The first-order valence-electron chi connectivity index (χ1n) is 6.20. The number of carboxylic acids is 1. The van der Waals surface area contributed by atoms with E-state index < -0.39 is 5.97 Å². The van der Waals surface area contributed by atoms with Crippen LogP contribution >= 0.6 is 0 Å². The number of carbonyl (C=O) groups is 1. The third-order valence-electron chi connectivity index (χ3n) is 2.53. The molecule has 0 radical (unpaired) electrons. The Bertz CT molecular complexity index is 274. The van der Waals surface area contributed by atoms with Gasteiger partial charge in [-0.25, -0.2) is 4.79 Å². The van der Waals surface area contributed by atoms with Crippen molar-refractivity contribution in [2.75, 3.05) is 6.54 Å². The van der Waals surface area contributed by atoms with Gasteiger partial charge in [0.15, 0.2) is 0 Å². The Labute approximate surface area is 105 Å². The van der Waals surface area contributed by atoms with E-state index in [1.165, 1.54) is 0 Å². The highest BCUT2D eigenvalue weighted by atomic mass is 16.4. The molecule has 0 rings (SSSR count). The molecule has 0 saturated heterocycles. The summed E-state index contributed by atoms with van der Waals surface area (Å²) in [6.45, 7) is 15.4. The van der Waals surface area contributed by atoms with Crippen molar-refractivity contribution in [3.63, 3.8) is 0 Å². The number of aliphatic carboxylic acids is 1. The first-order valence-corrected chi connectivity index (χ1v) is 6.20. The predicted molar refractivity (Wildman–Crippen MR) is 72.2 cm³/mol. The summed E-state index contributed by atoms with van der Waals surface area (Å²) in [5.74, 6) is -0.890. The fourth-order valence-corrected chi connectivity index (χ4v) is 2.22. The number of hydrogen-bond donors (Lipinski definition) is 2. The average molecular weight is 241 g/mol. The van der Waals surface area contributed by atoms with E-state index in [0.29, 0.717) is 17.4 Å². The standard InChI is InChI=1S/C14H27NO2/c1-11(12(16)17)8-7-9-15-14(5,6)10-13(2,3)4/h15H,1,7-10H2,2-6H3,(H,16,17). The number of carboxylic acid groups (broad SMARTS) is 1. The molecule has 100 valence electrons. The summed E-state index contributed by atoms with van der Waals surface area (Å²) in [6, 6.07) is 0. The highest BCUT2D eigenvalue weighted by Crippen LogP contribution is 2.26. The summed E-state index contributed by atoms with van der Waals surface area (Å²) in [5.41, 5.74) is 0.671. The fourth-order valence-electron chi connectivity index (χ4n) is 2.22. The summed E-state index contributed by atoms with van der Waals surface area (Å²) in [5, 5.41) is 12.1. The van der Waals surface area contributed by atoms with Crippen molar-refractivity contribution in [2.45, 2.75) is 59.4 Å². The Morgan fingerprint density at radius 2 is 1.76 bits per heavy atom. The minimum Gasteiger partial charge on any atom is -0.478 e. The summed E-state index contributed by atoms with van der Waals surface area (Å²) >= 11 is 0. The monoisotopic (exact) mass is 241 g/mol. The van der Waals surface area contributed by atoms with Gasteiger partial charge in [0.1, 0.15) is 0 Å². The summed E-state index contributed by atoms with van der Waals surface area (Å²) < 4.78 is 0. The zero-order valence-electron chi connectivity index (χ0n) is 11.9. The van der Waals surface area contributed by atoms with E-state index in [9.17, 15) is 4.79 Å². The molecule has 0 saturated carbocycles. The normalized spacial score (nSPS) is 12.5. The minimum absolute atomic E-state index is 0.0861. The predicted octanol–water partition coefficient (Wildman–Crippen LogP) is 3.21. The van der Waals surface area contributed by atoms with E-state index in [1.54, 1.807) is 0 Å². The van der Waals surface area contributed by atoms with Crippen molar-refractivity contribution >= 4 is 5.97 Å². The zero-order chi connectivity index (χ0) is 13.7. The maximum atomic E-state index is 10.6. The lowest BCUT2D eigenvalue weighted by Gasteiger charge is -2.33. The van der Waals surface area contributed by atoms with Crippen LogP contribution in [0.15, 0.2) is 12.2 Å². The molecule has 0 aromatic rings. The van der Waals surface area contributed by atoms with Crippen LogP contribution in [-0.2, 0) is 4.79 Å². The van der Waals surface area contributed by atoms with Crippen LogP contribution in [0.4, 0.5) is 0 Å². The maximum absolute atomic E-state index is 10.6. The van der Waals surface area contributed by atoms with Crippen LogP contribution in [-0.4, -0.2) is 23.2 Å². The second-order valence-electron chi connectivity index (χ2n) is 6.56. The van der Waals surface area contributed by atoms with Gasteiger partial charge in [-0.15, -0.1) is 0 Å². The molecular weight excluding hydrogens is 214 g/mol. The van der Waals surface area contributed by atoms with Crippen molar-refractivity contribution in [3.8, 4) is 0 Å². The van der Waals surface area contributed by atoms with Gasteiger partial charge in [0.25, 0.3) is 0 Å². The second kappa shape index (κ2) is 6.20. The Morgan fingerprint density at radius 1 is 1.24 bits per heavy atom. The van der Waals surface area contributed by atoms with E-state index in [2.05, 4.69) is 46.5 Å². The Morgan fingerprint density at radius 3 is 2.18 bits per heavy atom. The molecule has 3 nitrogen and oxygen atoms in total. The van der Waals surface area contributed by atoms with Gasteiger partial charge in [-0.2, -0.15) is 0 Å². The first-order chi connectivity index (χ1) is 7.53. The van der Waals surface area contributed by atoms with Crippen LogP contribution in [0, 0.1) is 5.41 Å². The van der Waals surface area contributed by atoms with Gasteiger partial charge >= 0.3 is 5.97 Å². The number of hydrogen-bond acceptors (Lipinski definition) is 2. The molecule has 0 spiro atoms. The molecule has 2 N–H and O–H groups in total. The molecule has 0 aliphatic carbocycles. The lowest BCUT2D eigenvalue weighted by Crippen LogP contribution is -2.42. The third-order valence-corrected chi connectivity index (χ3v) is 2.53. The molecule has 0 fully saturated rings. The fraction of sp³-hybridized carbons (Fsp3) is 0.786. The summed E-state index contributed by atoms with van der Waals surface area (Å²) in [6.07, 6.45) is 2.45. The van der Waals surface area contributed by atoms with Crippen molar-refractivity contribution in [1.82, 2.24) is 5.32 Å². The molecule has 0 heterocycles. The lowest BCUT2D eigenvalue weighted by molar-refractivity contribution is -0.132. The van der Waals surface area contributed by atoms with Gasteiger partial charge < -0.3 is 10.4 Å². The number of rotatable bonds is 7. The third kappa shape index (κ3) is 8.93. The molecular formula is C14H27NO2. The Hall–Kier alpha value is -0.830. The van der Waals surface area contributed by atoms with Gasteiger partial charge in [-0.3, -0.25) is 0 Å². The molecule has 0 aromatic heterocycles. The van der Waals surface area contributed by atoms with Gasteiger partial charge in [-0.05, 0) is 45.1 Å². The molecule has 0 aliphatic heterocycles. The Balaban J connectivity index is 3.88. The second-order valence-corrected chi connectivity index (χ2v) is 6.56. The van der Waals surface area contributed by atoms with Gasteiger partial charge in [0.05, 0.1) is 0 Å². The first kappa shape index (κ1) is 16.2. The van der Waals surface area contributed by atoms with Gasteiger partial charge in [-0.1, -0.05) is 27.4 Å². The van der Waals surface area contributed by atoms with Crippen molar-refractivity contribution < 1.29 is 9.90 Å². The van der Waals surface area contributed by atoms with Crippen LogP contribution in [0.2, 0.25) is 0 Å². The molecule has 0 unspecified atom stereocenters. The topological polar surface area (TPSA) is 49.3 Å². The lowest BCUT2D eigenvalue weighted by atomic mass is 9.82. The van der Waals surface area contributed by atoms with Crippen LogP contribution in [0.25, 0.3) is 0 Å². The van der Waals surface area contributed by atoms with Crippen molar-refractivity contribution in [3.05, 3.63) is 12.2 Å². The molecule has 0 amide bonds. The average Bonchev–Trinajstić information content (AvgIpc) is 2.07. The molecule has 0 atom stereocenters. The van der Waals surface area contributed by atoms with E-state index in [4.69, 9.17) is 5.11 Å². The highest BCUT2D eigenvalue weighted by Gasteiger charge is 2.24. The SMILES string of the molecule is C=C(CCCNC(C)(C)CC(C)(C)C)C(=O)O. The zero-order valence-corrected chi connectivity index (χ0v) is 11.9. The van der Waals surface area contributed by atoms with Gasteiger partial charge in [0, 0.05) is 11.1 Å². The number of nitrogens with one attached hydrogen (secondary N) is 1. The smallest absolute Gasteiger partial charge is 0.330 e. The quantitative estimate of drug-likeness (QED) is 0.531. The molecule has 0 aromatic carbocycles. The van der Waals surface area contributed by atoms with Crippen molar-refractivity contribution in [1.29, 1.82) is 0 Å². The Kier molecular flexibility index (Phi) is 5.89. The van der Waals surface area contributed by atoms with Crippen molar-refractivity contribution in [2.24, 2.45) is 5.41 Å². The van der Waals surface area contributed by atoms with E-state index in [1.807, 2.05) is 0 Å². The van der Waals surface area contributed by atoms with Crippen LogP contribution in [0.5, 0.6) is 0 Å². The maximum Gasteiger partial charge on any atom is 0.330 e.